The molecule has 5 nitrogen and oxygen atoms in total. The van der Waals surface area contributed by atoms with Gasteiger partial charge in [-0.15, -0.1) is 0 Å². The molecule has 1 aliphatic heterocycles. The van der Waals surface area contributed by atoms with Gasteiger partial charge >= 0.3 is 0 Å². The molecule has 1 aliphatic carbocycles. The van der Waals surface area contributed by atoms with Crippen LogP contribution in [0.3, 0.4) is 0 Å². The van der Waals surface area contributed by atoms with Gasteiger partial charge in [0.05, 0.1) is 14.9 Å². The Labute approximate surface area is 194 Å². The molecular formula is C23H26Cl2N2O3S. The van der Waals surface area contributed by atoms with Crippen LogP contribution in [-0.2, 0) is 34.2 Å². The number of carbonyl (C=O) groups excluding carboxylic acids is 1. The summed E-state index contributed by atoms with van der Waals surface area (Å²) in [5, 5.41) is 0.921. The second-order valence-corrected chi connectivity index (χ2v) is 11.1. The van der Waals surface area contributed by atoms with Gasteiger partial charge in [0.2, 0.25) is 15.9 Å². The number of fused-ring (bicyclic) bond motifs is 1. The molecule has 0 saturated carbocycles. The Bertz CT molecular complexity index is 1100. The number of halogens is 2. The van der Waals surface area contributed by atoms with Crippen LogP contribution < -0.4 is 0 Å². The Hall–Kier alpha value is -1.60. The molecule has 8 heteroatoms. The highest BCUT2D eigenvalue weighted by Crippen LogP contribution is 2.30. The third kappa shape index (κ3) is 4.63. The van der Waals surface area contributed by atoms with E-state index in [1.54, 1.807) is 24.1 Å². The van der Waals surface area contributed by atoms with Gasteiger partial charge in [0, 0.05) is 32.6 Å². The van der Waals surface area contributed by atoms with E-state index < -0.39 is 10.0 Å². The molecule has 1 fully saturated rings. The van der Waals surface area contributed by atoms with E-state index in [4.69, 9.17) is 23.2 Å². The molecule has 1 heterocycles. The number of sulfonamides is 1. The summed E-state index contributed by atoms with van der Waals surface area (Å²) in [5.74, 6) is -0.194. The van der Waals surface area contributed by atoms with Crippen LogP contribution >= 0.6 is 23.2 Å². The van der Waals surface area contributed by atoms with Crippen LogP contribution in [0.25, 0.3) is 0 Å². The van der Waals surface area contributed by atoms with Gasteiger partial charge in [0.1, 0.15) is 0 Å². The number of hydrogen-bond donors (Lipinski definition) is 0. The number of amides is 1. The number of benzene rings is 2. The summed E-state index contributed by atoms with van der Waals surface area (Å²) in [6.07, 6.45) is 4.07. The number of nitrogens with zero attached hydrogens (tertiary/aromatic N) is 2. The summed E-state index contributed by atoms with van der Waals surface area (Å²) in [6, 6.07) is 10.9. The second-order valence-electron chi connectivity index (χ2n) is 8.37. The molecule has 1 saturated heterocycles. The summed E-state index contributed by atoms with van der Waals surface area (Å²) < 4.78 is 27.7. The van der Waals surface area contributed by atoms with Crippen molar-refractivity contribution < 1.29 is 13.2 Å². The fourth-order valence-corrected chi connectivity index (χ4v) is 6.42. The summed E-state index contributed by atoms with van der Waals surface area (Å²) in [5.41, 5.74) is 3.19. The number of rotatable bonds is 5. The van der Waals surface area contributed by atoms with Gasteiger partial charge in [-0.3, -0.25) is 4.79 Å². The SMILES string of the molecule is CN(Cc1cccc(Cl)c1Cl)C(=O)C1CCN(S(=O)(=O)c2ccc3c(c2)CCC3)CC1. The van der Waals surface area contributed by atoms with Crippen molar-refractivity contribution in [1.29, 1.82) is 0 Å². The van der Waals surface area contributed by atoms with E-state index >= 15 is 0 Å². The summed E-state index contributed by atoms with van der Waals surface area (Å²) in [6.45, 7) is 1.06. The Morgan fingerprint density at radius 1 is 1.10 bits per heavy atom. The third-order valence-corrected chi connectivity index (χ3v) is 9.08. The minimum Gasteiger partial charge on any atom is -0.341 e. The third-order valence-electron chi connectivity index (χ3n) is 6.33. The lowest BCUT2D eigenvalue weighted by atomic mass is 9.96. The predicted molar refractivity (Wildman–Crippen MR) is 123 cm³/mol. The fourth-order valence-electron chi connectivity index (χ4n) is 4.52. The maximum absolute atomic E-state index is 13.1. The Morgan fingerprint density at radius 3 is 2.55 bits per heavy atom. The Morgan fingerprint density at radius 2 is 1.81 bits per heavy atom. The van der Waals surface area contributed by atoms with E-state index in [1.807, 2.05) is 24.3 Å². The lowest BCUT2D eigenvalue weighted by Gasteiger charge is -2.32. The van der Waals surface area contributed by atoms with E-state index in [1.165, 1.54) is 9.87 Å². The van der Waals surface area contributed by atoms with Crippen LogP contribution in [0.15, 0.2) is 41.3 Å². The first-order valence-corrected chi connectivity index (χ1v) is 12.8. The standard InChI is InChI=1S/C23H26Cl2N2O3S/c1-26(15-19-6-3-7-21(24)22(19)25)23(28)17-10-12-27(13-11-17)31(29,30)20-9-8-16-4-2-5-18(16)14-20/h3,6-9,14,17H,2,4-5,10-13,15H2,1H3. The molecule has 0 aromatic heterocycles. The van der Waals surface area contributed by atoms with Crippen LogP contribution in [-0.4, -0.2) is 43.7 Å². The van der Waals surface area contributed by atoms with Crippen molar-refractivity contribution in [2.75, 3.05) is 20.1 Å². The maximum atomic E-state index is 13.1. The summed E-state index contributed by atoms with van der Waals surface area (Å²) in [4.78, 5) is 14.9. The molecule has 2 aromatic rings. The lowest BCUT2D eigenvalue weighted by molar-refractivity contribution is -0.135. The number of hydrogen-bond acceptors (Lipinski definition) is 3. The van der Waals surface area contributed by atoms with Crippen molar-refractivity contribution in [2.45, 2.75) is 43.5 Å². The first kappa shape index (κ1) is 22.6. The Kier molecular flexibility index (Phi) is 6.63. The van der Waals surface area contributed by atoms with Gasteiger partial charge in [-0.25, -0.2) is 8.42 Å². The molecule has 0 radical (unpaired) electrons. The van der Waals surface area contributed by atoms with Crippen molar-refractivity contribution in [3.8, 4) is 0 Å². The topological polar surface area (TPSA) is 57.7 Å². The average molecular weight is 481 g/mol. The minimum atomic E-state index is -3.54. The largest absolute Gasteiger partial charge is 0.341 e. The highest BCUT2D eigenvalue weighted by Gasteiger charge is 2.33. The maximum Gasteiger partial charge on any atom is 0.243 e. The number of aryl methyl sites for hydroxylation is 2. The first-order valence-electron chi connectivity index (χ1n) is 10.6. The second kappa shape index (κ2) is 9.10. The molecule has 0 spiro atoms. The van der Waals surface area contributed by atoms with Gasteiger partial charge < -0.3 is 4.90 Å². The molecule has 0 unspecified atom stereocenters. The van der Waals surface area contributed by atoms with Crippen LogP contribution in [0.4, 0.5) is 0 Å². The summed E-state index contributed by atoms with van der Waals surface area (Å²) >= 11 is 12.3. The first-order chi connectivity index (χ1) is 14.8. The van der Waals surface area contributed by atoms with Gasteiger partial charge in [-0.2, -0.15) is 4.31 Å². The monoisotopic (exact) mass is 480 g/mol. The van der Waals surface area contributed by atoms with Crippen molar-refractivity contribution in [3.05, 3.63) is 63.1 Å². The molecule has 0 atom stereocenters. The van der Waals surface area contributed by atoms with Crippen LogP contribution in [0.1, 0.15) is 36.0 Å². The average Bonchev–Trinajstić information content (AvgIpc) is 3.24. The smallest absolute Gasteiger partial charge is 0.243 e. The molecule has 2 aromatic carbocycles. The van der Waals surface area contributed by atoms with E-state index in [9.17, 15) is 13.2 Å². The fraction of sp³-hybridized carbons (Fsp3) is 0.435. The van der Waals surface area contributed by atoms with Gasteiger partial charge in [-0.05, 0) is 67.0 Å². The van der Waals surface area contributed by atoms with Gasteiger partial charge in [0.15, 0.2) is 0 Å². The predicted octanol–water partition coefficient (Wildman–Crippen LogP) is 4.54. The molecular weight excluding hydrogens is 455 g/mol. The Balaban J connectivity index is 1.38. The molecule has 0 N–H and O–H groups in total. The number of carbonyl (C=O) groups is 1. The van der Waals surface area contributed by atoms with E-state index in [-0.39, 0.29) is 11.8 Å². The van der Waals surface area contributed by atoms with E-state index in [0.717, 1.165) is 30.4 Å². The zero-order valence-electron chi connectivity index (χ0n) is 17.5. The van der Waals surface area contributed by atoms with Crippen molar-refractivity contribution in [1.82, 2.24) is 9.21 Å². The molecule has 166 valence electrons. The minimum absolute atomic E-state index is 0.00520. The molecule has 2 aliphatic rings. The van der Waals surface area contributed by atoms with Crippen LogP contribution in [0, 0.1) is 5.92 Å². The normalized spacial score (nSPS) is 17.5. The quantitative estimate of drug-likeness (QED) is 0.630. The van der Waals surface area contributed by atoms with Crippen LogP contribution in [0.2, 0.25) is 10.0 Å². The zero-order chi connectivity index (χ0) is 22.2. The van der Waals surface area contributed by atoms with Gasteiger partial charge in [0.25, 0.3) is 0 Å². The van der Waals surface area contributed by atoms with Crippen molar-refractivity contribution >= 4 is 39.1 Å². The van der Waals surface area contributed by atoms with Gasteiger partial charge in [-0.1, -0.05) is 41.4 Å². The highest BCUT2D eigenvalue weighted by molar-refractivity contribution is 7.89. The van der Waals surface area contributed by atoms with Crippen LogP contribution in [0.5, 0.6) is 0 Å². The molecule has 31 heavy (non-hydrogen) atoms. The molecule has 0 bridgehead atoms. The van der Waals surface area contributed by atoms with Crippen molar-refractivity contribution in [3.63, 3.8) is 0 Å². The van der Waals surface area contributed by atoms with E-state index in [0.29, 0.717) is 47.4 Å². The molecule has 1 amide bonds. The number of piperidine rings is 1. The lowest BCUT2D eigenvalue weighted by Crippen LogP contribution is -2.43. The highest BCUT2D eigenvalue weighted by atomic mass is 35.5. The molecule has 4 rings (SSSR count). The van der Waals surface area contributed by atoms with Crippen molar-refractivity contribution in [2.24, 2.45) is 5.92 Å². The van der Waals surface area contributed by atoms with E-state index in [2.05, 4.69) is 0 Å². The summed E-state index contributed by atoms with van der Waals surface area (Å²) in [7, 11) is -1.79. The zero-order valence-corrected chi connectivity index (χ0v) is 19.8.